The Morgan fingerprint density at radius 2 is 2.11 bits per heavy atom. The van der Waals surface area contributed by atoms with Gasteiger partial charge in [-0.2, -0.15) is 4.31 Å². The molecular weight excluding hydrogens is 292 g/mol. The van der Waals surface area contributed by atoms with Crippen LogP contribution >= 0.6 is 11.6 Å². The van der Waals surface area contributed by atoms with Crippen molar-refractivity contribution in [1.82, 2.24) is 4.31 Å². The summed E-state index contributed by atoms with van der Waals surface area (Å²) in [5.41, 5.74) is 5.69. The number of methoxy groups -OCH3 is 1. The number of likely N-dealkylation sites (N-methyl/N-ethyl adjacent to an activating group) is 1. The summed E-state index contributed by atoms with van der Waals surface area (Å²) in [6, 6.07) is 4.41. The number of sulfonamides is 1. The van der Waals surface area contributed by atoms with Crippen LogP contribution in [0.4, 0.5) is 5.69 Å². The first-order valence-electron chi connectivity index (χ1n) is 5.45. The fourth-order valence-electron chi connectivity index (χ4n) is 1.50. The molecular formula is C11H15ClN2O4S. The largest absolute Gasteiger partial charge is 0.468 e. The van der Waals surface area contributed by atoms with Gasteiger partial charge in [-0.3, -0.25) is 4.79 Å². The zero-order chi connectivity index (χ0) is 14.6. The molecule has 1 aromatic rings. The predicted molar refractivity (Wildman–Crippen MR) is 72.3 cm³/mol. The number of carbonyl (C=O) groups excluding carboxylic acids is 1. The molecule has 0 heterocycles. The number of nitrogen functional groups attached to an aromatic ring is 1. The lowest BCUT2D eigenvalue weighted by molar-refractivity contribution is -0.140. The molecule has 0 aliphatic rings. The maximum Gasteiger partial charge on any atom is 0.321 e. The molecule has 0 aromatic heterocycles. The molecule has 1 rings (SSSR count). The minimum absolute atomic E-state index is 0.0170. The summed E-state index contributed by atoms with van der Waals surface area (Å²) in [6.45, 7) is 1.32. The average molecular weight is 307 g/mol. The van der Waals surface area contributed by atoms with E-state index in [1.165, 1.54) is 19.2 Å². The lowest BCUT2D eigenvalue weighted by Crippen LogP contribution is -2.36. The van der Waals surface area contributed by atoms with Gasteiger partial charge in [0.1, 0.15) is 11.4 Å². The second-order valence-corrected chi connectivity index (χ2v) is 5.95. The molecule has 19 heavy (non-hydrogen) atoms. The van der Waals surface area contributed by atoms with Crippen molar-refractivity contribution in [3.05, 3.63) is 23.2 Å². The molecule has 8 heteroatoms. The Kier molecular flexibility index (Phi) is 5.16. The molecule has 0 saturated heterocycles. The van der Waals surface area contributed by atoms with Crippen molar-refractivity contribution < 1.29 is 17.9 Å². The average Bonchev–Trinajstić information content (AvgIpc) is 2.34. The Hall–Kier alpha value is -1.31. The van der Waals surface area contributed by atoms with Gasteiger partial charge in [0, 0.05) is 6.54 Å². The van der Waals surface area contributed by atoms with E-state index in [9.17, 15) is 13.2 Å². The molecule has 0 spiro atoms. The zero-order valence-electron chi connectivity index (χ0n) is 10.6. The molecule has 0 amide bonds. The molecule has 0 atom stereocenters. The molecule has 0 unspecified atom stereocenters. The van der Waals surface area contributed by atoms with Crippen LogP contribution < -0.4 is 5.73 Å². The molecule has 0 bridgehead atoms. The minimum atomic E-state index is -3.94. The van der Waals surface area contributed by atoms with Gasteiger partial charge in [0.25, 0.3) is 0 Å². The second kappa shape index (κ2) is 6.23. The first kappa shape index (κ1) is 15.7. The summed E-state index contributed by atoms with van der Waals surface area (Å²) in [5.74, 6) is -0.656. The van der Waals surface area contributed by atoms with Gasteiger partial charge in [-0.25, -0.2) is 8.42 Å². The Morgan fingerprint density at radius 3 is 2.58 bits per heavy atom. The Morgan fingerprint density at radius 1 is 1.47 bits per heavy atom. The van der Waals surface area contributed by atoms with Crippen molar-refractivity contribution in [1.29, 1.82) is 0 Å². The normalized spacial score (nSPS) is 11.6. The highest BCUT2D eigenvalue weighted by molar-refractivity contribution is 7.89. The van der Waals surface area contributed by atoms with E-state index >= 15 is 0 Å². The van der Waals surface area contributed by atoms with Crippen LogP contribution in [0.15, 0.2) is 23.1 Å². The van der Waals surface area contributed by atoms with E-state index in [1.807, 2.05) is 0 Å². The number of anilines is 1. The fraction of sp³-hybridized carbons (Fsp3) is 0.364. The summed E-state index contributed by atoms with van der Waals surface area (Å²) in [6.07, 6.45) is 0. The van der Waals surface area contributed by atoms with Crippen LogP contribution in [-0.2, 0) is 19.6 Å². The molecule has 106 valence electrons. The maximum atomic E-state index is 12.4. The molecule has 0 saturated carbocycles. The summed E-state index contributed by atoms with van der Waals surface area (Å²) in [4.78, 5) is 11.0. The van der Waals surface area contributed by atoms with Crippen LogP contribution in [0.1, 0.15) is 6.92 Å². The molecule has 0 radical (unpaired) electrons. The molecule has 0 aliphatic carbocycles. The summed E-state index contributed by atoms with van der Waals surface area (Å²) in [5, 5.41) is 0.0170. The van der Waals surface area contributed by atoms with Gasteiger partial charge in [-0.05, 0) is 12.1 Å². The predicted octanol–water partition coefficient (Wildman–Crippen LogP) is 1.11. The number of hydrogen-bond donors (Lipinski definition) is 1. The highest BCUT2D eigenvalue weighted by Crippen LogP contribution is 2.29. The number of ether oxygens (including phenoxy) is 1. The van der Waals surface area contributed by atoms with Crippen molar-refractivity contribution in [2.45, 2.75) is 11.8 Å². The van der Waals surface area contributed by atoms with E-state index in [0.29, 0.717) is 0 Å². The van der Waals surface area contributed by atoms with Crippen LogP contribution in [0.25, 0.3) is 0 Å². The highest BCUT2D eigenvalue weighted by atomic mass is 35.5. The minimum Gasteiger partial charge on any atom is -0.468 e. The van der Waals surface area contributed by atoms with Crippen molar-refractivity contribution in [3.63, 3.8) is 0 Å². The number of esters is 1. The third-order valence-electron chi connectivity index (χ3n) is 2.48. The summed E-state index contributed by atoms with van der Waals surface area (Å²) in [7, 11) is -2.75. The van der Waals surface area contributed by atoms with Crippen molar-refractivity contribution in [2.24, 2.45) is 0 Å². The molecule has 0 fully saturated rings. The third kappa shape index (κ3) is 3.37. The molecule has 6 nitrogen and oxygen atoms in total. The number of carbonyl (C=O) groups is 1. The third-order valence-corrected chi connectivity index (χ3v) is 4.95. The SMILES string of the molecule is CCN(CC(=O)OC)S(=O)(=O)c1c(N)cccc1Cl. The Labute approximate surface area is 117 Å². The standard InChI is InChI=1S/C11H15ClN2O4S/c1-3-14(7-10(15)18-2)19(16,17)11-8(12)5-4-6-9(11)13/h4-6H,3,7,13H2,1-2H3. The molecule has 2 N–H and O–H groups in total. The first-order valence-corrected chi connectivity index (χ1v) is 7.27. The van der Waals surface area contributed by atoms with Gasteiger partial charge in [0.15, 0.2) is 0 Å². The van der Waals surface area contributed by atoms with Gasteiger partial charge in [-0.1, -0.05) is 24.6 Å². The number of nitrogens with zero attached hydrogens (tertiary/aromatic N) is 1. The smallest absolute Gasteiger partial charge is 0.321 e. The molecule has 0 aliphatic heterocycles. The van der Waals surface area contributed by atoms with E-state index in [-0.39, 0.29) is 28.7 Å². The monoisotopic (exact) mass is 306 g/mol. The maximum absolute atomic E-state index is 12.4. The number of nitrogens with two attached hydrogens (primary N) is 1. The fourth-order valence-corrected chi connectivity index (χ4v) is 3.53. The Bertz CT molecular complexity index is 554. The molecule has 1 aromatic carbocycles. The van der Waals surface area contributed by atoms with Crippen molar-refractivity contribution in [3.8, 4) is 0 Å². The van der Waals surface area contributed by atoms with E-state index in [1.54, 1.807) is 13.0 Å². The van der Waals surface area contributed by atoms with Crippen LogP contribution in [0.5, 0.6) is 0 Å². The van der Waals surface area contributed by atoms with Gasteiger partial charge in [-0.15, -0.1) is 0 Å². The van der Waals surface area contributed by atoms with E-state index < -0.39 is 16.0 Å². The van der Waals surface area contributed by atoms with Crippen LogP contribution in [-0.4, -0.2) is 38.9 Å². The topological polar surface area (TPSA) is 89.7 Å². The van der Waals surface area contributed by atoms with Gasteiger partial charge in [0.05, 0.1) is 17.8 Å². The first-order chi connectivity index (χ1) is 8.84. The number of rotatable bonds is 5. The highest BCUT2D eigenvalue weighted by Gasteiger charge is 2.29. The Balaban J connectivity index is 3.25. The summed E-state index contributed by atoms with van der Waals surface area (Å²) < 4.78 is 30.2. The lowest BCUT2D eigenvalue weighted by atomic mass is 10.3. The van der Waals surface area contributed by atoms with Crippen molar-refractivity contribution >= 4 is 33.3 Å². The number of hydrogen-bond acceptors (Lipinski definition) is 5. The zero-order valence-corrected chi connectivity index (χ0v) is 12.2. The second-order valence-electron chi connectivity index (χ2n) is 3.67. The summed E-state index contributed by atoms with van der Waals surface area (Å²) >= 11 is 5.88. The van der Waals surface area contributed by atoms with Crippen LogP contribution in [0.3, 0.4) is 0 Å². The number of benzene rings is 1. The van der Waals surface area contributed by atoms with Gasteiger partial charge >= 0.3 is 5.97 Å². The van der Waals surface area contributed by atoms with E-state index in [2.05, 4.69) is 4.74 Å². The van der Waals surface area contributed by atoms with Gasteiger partial charge < -0.3 is 10.5 Å². The lowest BCUT2D eigenvalue weighted by Gasteiger charge is -2.20. The van der Waals surface area contributed by atoms with Crippen molar-refractivity contribution in [2.75, 3.05) is 25.9 Å². The van der Waals surface area contributed by atoms with Crippen LogP contribution in [0, 0.1) is 0 Å². The number of halogens is 1. The van der Waals surface area contributed by atoms with E-state index in [4.69, 9.17) is 17.3 Å². The van der Waals surface area contributed by atoms with E-state index in [0.717, 1.165) is 4.31 Å². The quantitative estimate of drug-likeness (QED) is 0.650. The van der Waals surface area contributed by atoms with Gasteiger partial charge in [0.2, 0.25) is 10.0 Å². The van der Waals surface area contributed by atoms with Crippen LogP contribution in [0.2, 0.25) is 5.02 Å².